The summed E-state index contributed by atoms with van der Waals surface area (Å²) in [6.45, 7) is 0.792. The summed E-state index contributed by atoms with van der Waals surface area (Å²) in [7, 11) is 0. The molecule has 0 radical (unpaired) electrons. The van der Waals surface area contributed by atoms with Crippen LogP contribution in [0.3, 0.4) is 0 Å². The molecule has 2 N–H and O–H groups in total. The molecule has 86 valence electrons. The molecule has 3 rings (SSSR count). The Kier molecular flexibility index (Phi) is 2.21. The minimum Gasteiger partial charge on any atom is -0.396 e. The fraction of sp³-hybridized carbons (Fsp3) is 0.154. The highest BCUT2D eigenvalue weighted by Gasteiger charge is 2.23. The van der Waals surface area contributed by atoms with Crippen LogP contribution in [0.5, 0.6) is 0 Å². The van der Waals surface area contributed by atoms with E-state index in [1.165, 1.54) is 12.1 Å². The second-order valence-electron chi connectivity index (χ2n) is 4.09. The first-order chi connectivity index (χ1) is 8.25. The second-order valence-corrected chi connectivity index (χ2v) is 4.09. The minimum absolute atomic E-state index is 0.231. The number of halogens is 1. The van der Waals surface area contributed by atoms with E-state index in [1.807, 2.05) is 11.0 Å². The van der Waals surface area contributed by atoms with Crippen LogP contribution in [0.25, 0.3) is 0 Å². The molecule has 4 heteroatoms. The van der Waals surface area contributed by atoms with E-state index in [9.17, 15) is 4.39 Å². The van der Waals surface area contributed by atoms with Gasteiger partial charge in [-0.3, -0.25) is 0 Å². The fourth-order valence-electron chi connectivity index (χ4n) is 2.21. The van der Waals surface area contributed by atoms with Gasteiger partial charge < -0.3 is 10.6 Å². The Bertz CT molecular complexity index is 568. The van der Waals surface area contributed by atoms with Gasteiger partial charge in [0.1, 0.15) is 5.82 Å². The molecule has 0 spiro atoms. The number of nitrogens with zero attached hydrogens (tertiary/aromatic N) is 2. The smallest absolute Gasteiger partial charge is 0.156 e. The van der Waals surface area contributed by atoms with E-state index in [0.29, 0.717) is 11.5 Å². The van der Waals surface area contributed by atoms with Crippen molar-refractivity contribution in [2.24, 2.45) is 0 Å². The van der Waals surface area contributed by atoms with Gasteiger partial charge in [0.05, 0.1) is 5.69 Å². The van der Waals surface area contributed by atoms with Crippen molar-refractivity contribution in [3.05, 3.63) is 47.9 Å². The molecule has 0 aliphatic carbocycles. The molecule has 1 aliphatic heterocycles. The molecule has 17 heavy (non-hydrogen) atoms. The Morgan fingerprint density at radius 3 is 3.00 bits per heavy atom. The van der Waals surface area contributed by atoms with Gasteiger partial charge in [-0.05, 0) is 36.2 Å². The van der Waals surface area contributed by atoms with Crippen LogP contribution in [-0.4, -0.2) is 11.5 Å². The summed E-state index contributed by atoms with van der Waals surface area (Å²) in [5, 5.41) is 0. The lowest BCUT2D eigenvalue weighted by atomic mass is 10.2. The van der Waals surface area contributed by atoms with Gasteiger partial charge in [-0.25, -0.2) is 9.37 Å². The van der Waals surface area contributed by atoms with Gasteiger partial charge in [0, 0.05) is 18.4 Å². The third-order valence-electron chi connectivity index (χ3n) is 3.02. The number of anilines is 3. The van der Waals surface area contributed by atoms with Gasteiger partial charge in [-0.15, -0.1) is 0 Å². The van der Waals surface area contributed by atoms with Crippen LogP contribution >= 0.6 is 0 Å². The molecule has 0 atom stereocenters. The Morgan fingerprint density at radius 2 is 2.18 bits per heavy atom. The zero-order valence-corrected chi connectivity index (χ0v) is 9.23. The second kappa shape index (κ2) is 3.73. The van der Waals surface area contributed by atoms with Crippen molar-refractivity contribution in [2.45, 2.75) is 6.42 Å². The molecule has 0 bridgehead atoms. The third-order valence-corrected chi connectivity index (χ3v) is 3.02. The standard InChI is InChI=1S/C13H12FN3/c14-10-4-3-9-5-7-17(12(9)8-10)13-11(15)2-1-6-16-13/h1-4,6,8H,5,7,15H2. The van der Waals surface area contributed by atoms with Crippen LogP contribution in [0.15, 0.2) is 36.5 Å². The lowest BCUT2D eigenvalue weighted by Gasteiger charge is -2.19. The Balaban J connectivity index is 2.10. The molecule has 1 aromatic heterocycles. The first kappa shape index (κ1) is 10.1. The zero-order chi connectivity index (χ0) is 11.8. The van der Waals surface area contributed by atoms with E-state index in [0.717, 1.165) is 24.2 Å². The van der Waals surface area contributed by atoms with E-state index in [4.69, 9.17) is 5.73 Å². The Labute approximate surface area is 98.7 Å². The molecular formula is C13H12FN3. The van der Waals surface area contributed by atoms with Crippen LogP contribution in [0.4, 0.5) is 21.6 Å². The predicted molar refractivity (Wildman–Crippen MR) is 65.8 cm³/mol. The minimum atomic E-state index is -0.231. The van der Waals surface area contributed by atoms with Crippen molar-refractivity contribution >= 4 is 17.2 Å². The van der Waals surface area contributed by atoms with Crippen molar-refractivity contribution in [1.82, 2.24) is 4.98 Å². The number of fused-ring (bicyclic) bond motifs is 1. The molecule has 2 aromatic rings. The van der Waals surface area contributed by atoms with Crippen LogP contribution in [0, 0.1) is 5.82 Å². The molecule has 0 saturated heterocycles. The van der Waals surface area contributed by atoms with E-state index in [-0.39, 0.29) is 5.82 Å². The van der Waals surface area contributed by atoms with Gasteiger partial charge in [0.25, 0.3) is 0 Å². The number of nitrogens with two attached hydrogens (primary N) is 1. The van der Waals surface area contributed by atoms with Gasteiger partial charge >= 0.3 is 0 Å². The van der Waals surface area contributed by atoms with Crippen molar-refractivity contribution in [3.8, 4) is 0 Å². The van der Waals surface area contributed by atoms with Crippen molar-refractivity contribution in [2.75, 3.05) is 17.2 Å². The van der Waals surface area contributed by atoms with E-state index in [2.05, 4.69) is 4.98 Å². The Morgan fingerprint density at radius 1 is 1.29 bits per heavy atom. The lowest BCUT2D eigenvalue weighted by Crippen LogP contribution is -2.16. The van der Waals surface area contributed by atoms with Gasteiger partial charge in [0.15, 0.2) is 5.82 Å². The number of benzene rings is 1. The highest BCUT2D eigenvalue weighted by atomic mass is 19.1. The number of hydrogen-bond acceptors (Lipinski definition) is 3. The van der Waals surface area contributed by atoms with Crippen molar-refractivity contribution in [3.63, 3.8) is 0 Å². The van der Waals surface area contributed by atoms with E-state index in [1.54, 1.807) is 18.3 Å². The first-order valence-electron chi connectivity index (χ1n) is 5.52. The maximum atomic E-state index is 13.3. The monoisotopic (exact) mass is 229 g/mol. The average molecular weight is 229 g/mol. The topological polar surface area (TPSA) is 42.1 Å². The van der Waals surface area contributed by atoms with Crippen molar-refractivity contribution in [1.29, 1.82) is 0 Å². The van der Waals surface area contributed by atoms with Crippen LogP contribution in [0.1, 0.15) is 5.56 Å². The van der Waals surface area contributed by atoms with Crippen LogP contribution in [-0.2, 0) is 6.42 Å². The van der Waals surface area contributed by atoms with E-state index >= 15 is 0 Å². The number of pyridine rings is 1. The van der Waals surface area contributed by atoms with E-state index < -0.39 is 0 Å². The predicted octanol–water partition coefficient (Wildman–Crippen LogP) is 2.50. The summed E-state index contributed by atoms with van der Waals surface area (Å²) in [6.07, 6.45) is 2.59. The zero-order valence-electron chi connectivity index (χ0n) is 9.23. The Hall–Kier alpha value is -2.10. The van der Waals surface area contributed by atoms with Crippen LogP contribution in [0.2, 0.25) is 0 Å². The summed E-state index contributed by atoms with van der Waals surface area (Å²) in [5.41, 5.74) is 8.52. The fourth-order valence-corrected chi connectivity index (χ4v) is 2.21. The number of hydrogen-bond donors (Lipinski definition) is 1. The molecule has 2 heterocycles. The quantitative estimate of drug-likeness (QED) is 0.816. The molecule has 0 amide bonds. The molecule has 0 unspecified atom stereocenters. The summed E-state index contributed by atoms with van der Waals surface area (Å²) in [6, 6.07) is 8.45. The molecule has 1 aliphatic rings. The molecule has 1 aromatic carbocycles. The largest absolute Gasteiger partial charge is 0.396 e. The highest BCUT2D eigenvalue weighted by Crippen LogP contribution is 2.36. The van der Waals surface area contributed by atoms with Crippen LogP contribution < -0.4 is 10.6 Å². The normalized spacial score (nSPS) is 13.8. The maximum absolute atomic E-state index is 13.3. The lowest BCUT2D eigenvalue weighted by molar-refractivity contribution is 0.628. The summed E-state index contributed by atoms with van der Waals surface area (Å²) in [4.78, 5) is 6.23. The average Bonchev–Trinajstić information content (AvgIpc) is 2.72. The summed E-state index contributed by atoms with van der Waals surface area (Å²) in [5.74, 6) is 0.474. The first-order valence-corrected chi connectivity index (χ1v) is 5.52. The third kappa shape index (κ3) is 1.62. The number of rotatable bonds is 1. The summed E-state index contributed by atoms with van der Waals surface area (Å²) >= 11 is 0. The SMILES string of the molecule is Nc1cccnc1N1CCc2ccc(F)cc21. The molecule has 0 saturated carbocycles. The van der Waals surface area contributed by atoms with Gasteiger partial charge in [-0.1, -0.05) is 6.07 Å². The van der Waals surface area contributed by atoms with Gasteiger partial charge in [-0.2, -0.15) is 0 Å². The molecule has 3 nitrogen and oxygen atoms in total. The maximum Gasteiger partial charge on any atom is 0.156 e. The highest BCUT2D eigenvalue weighted by molar-refractivity contribution is 5.75. The molecular weight excluding hydrogens is 217 g/mol. The van der Waals surface area contributed by atoms with Gasteiger partial charge in [0.2, 0.25) is 0 Å². The molecule has 0 fully saturated rings. The number of nitrogen functional groups attached to an aromatic ring is 1. The number of aromatic nitrogens is 1. The van der Waals surface area contributed by atoms with Crippen molar-refractivity contribution < 1.29 is 4.39 Å². The summed E-state index contributed by atoms with van der Waals surface area (Å²) < 4.78 is 13.3.